The van der Waals surface area contributed by atoms with Crippen molar-refractivity contribution in [3.05, 3.63) is 64.7 Å². The van der Waals surface area contributed by atoms with Gasteiger partial charge in [-0.15, -0.1) is 10.2 Å². The summed E-state index contributed by atoms with van der Waals surface area (Å²) in [5, 5.41) is 9.12. The third kappa shape index (κ3) is 3.61. The summed E-state index contributed by atoms with van der Waals surface area (Å²) in [5.74, 6) is 0.608. The zero-order valence-electron chi connectivity index (χ0n) is 14.1. The molecule has 1 aliphatic heterocycles. The lowest BCUT2D eigenvalue weighted by Crippen LogP contribution is -2.30. The Morgan fingerprint density at radius 3 is 2.30 bits per heavy atom. The molecule has 8 heteroatoms. The minimum Gasteiger partial charge on any atom is -0.411 e. The zero-order valence-corrected chi connectivity index (χ0v) is 15.7. The molecule has 2 heterocycles. The molecule has 4 rings (SSSR count). The van der Waals surface area contributed by atoms with E-state index in [4.69, 9.17) is 16.0 Å². The number of nitrogens with zero attached hydrogens (tertiary/aromatic N) is 3. The standard InChI is InChI=1S/C19H14ClN3O3S/c20-13-8-6-12(7-9-13)16-21-22-19(26-16)27-11-3-10-23-17(24)14-4-1-2-5-15(14)18(23)25/h1-2,4-9H,3,10-11H2. The second-order valence-corrected chi connectivity index (χ2v) is 7.37. The molecule has 27 heavy (non-hydrogen) atoms. The Balaban J connectivity index is 1.31. The highest BCUT2D eigenvalue weighted by atomic mass is 35.5. The van der Waals surface area contributed by atoms with Crippen molar-refractivity contribution in [1.29, 1.82) is 0 Å². The quantitative estimate of drug-likeness (QED) is 0.352. The topological polar surface area (TPSA) is 76.3 Å². The first-order chi connectivity index (χ1) is 13.1. The summed E-state index contributed by atoms with van der Waals surface area (Å²) < 4.78 is 5.62. The number of fused-ring (bicyclic) bond motifs is 1. The predicted molar refractivity (Wildman–Crippen MR) is 102 cm³/mol. The molecular weight excluding hydrogens is 386 g/mol. The molecule has 3 aromatic rings. The molecule has 0 fully saturated rings. The number of rotatable bonds is 6. The SMILES string of the molecule is O=C1c2ccccc2C(=O)N1CCCSc1nnc(-c2ccc(Cl)cc2)o1. The van der Waals surface area contributed by atoms with Crippen LogP contribution in [-0.2, 0) is 0 Å². The molecule has 2 aromatic carbocycles. The largest absolute Gasteiger partial charge is 0.411 e. The third-order valence-corrected chi connectivity index (χ3v) is 5.28. The average Bonchev–Trinajstić information content (AvgIpc) is 3.25. The van der Waals surface area contributed by atoms with Gasteiger partial charge in [0.2, 0.25) is 5.89 Å². The monoisotopic (exact) mass is 399 g/mol. The second kappa shape index (κ2) is 7.54. The van der Waals surface area contributed by atoms with Gasteiger partial charge in [-0.2, -0.15) is 0 Å². The molecule has 0 radical (unpaired) electrons. The van der Waals surface area contributed by atoms with Gasteiger partial charge < -0.3 is 4.42 Å². The van der Waals surface area contributed by atoms with Crippen molar-refractivity contribution < 1.29 is 14.0 Å². The lowest BCUT2D eigenvalue weighted by atomic mass is 10.1. The molecule has 0 aliphatic carbocycles. The summed E-state index contributed by atoms with van der Waals surface area (Å²) in [6, 6.07) is 14.0. The van der Waals surface area contributed by atoms with E-state index in [9.17, 15) is 9.59 Å². The summed E-state index contributed by atoms with van der Waals surface area (Å²) in [6.45, 7) is 0.359. The number of thioether (sulfide) groups is 1. The van der Waals surface area contributed by atoms with E-state index in [-0.39, 0.29) is 11.8 Å². The van der Waals surface area contributed by atoms with Crippen LogP contribution in [0.3, 0.4) is 0 Å². The van der Waals surface area contributed by atoms with Crippen molar-refractivity contribution in [2.24, 2.45) is 0 Å². The normalized spacial score (nSPS) is 13.3. The summed E-state index contributed by atoms with van der Waals surface area (Å²) in [6.07, 6.45) is 0.634. The van der Waals surface area contributed by atoms with E-state index in [0.717, 1.165) is 5.56 Å². The first-order valence-corrected chi connectivity index (χ1v) is 9.67. The van der Waals surface area contributed by atoms with Crippen LogP contribution in [0.25, 0.3) is 11.5 Å². The Hall–Kier alpha value is -2.64. The third-order valence-electron chi connectivity index (χ3n) is 4.13. The second-order valence-electron chi connectivity index (χ2n) is 5.89. The van der Waals surface area contributed by atoms with Crippen LogP contribution < -0.4 is 0 Å². The van der Waals surface area contributed by atoms with Gasteiger partial charge in [-0.3, -0.25) is 14.5 Å². The molecule has 1 aliphatic rings. The maximum Gasteiger partial charge on any atom is 0.276 e. The van der Waals surface area contributed by atoms with Crippen molar-refractivity contribution in [3.8, 4) is 11.5 Å². The highest BCUT2D eigenvalue weighted by Crippen LogP contribution is 2.26. The summed E-state index contributed by atoms with van der Waals surface area (Å²) in [5.41, 5.74) is 1.74. The van der Waals surface area contributed by atoms with Gasteiger partial charge in [0.15, 0.2) is 0 Å². The number of carbonyl (C=O) groups excluding carboxylic acids is 2. The fraction of sp³-hybridized carbons (Fsp3) is 0.158. The number of aromatic nitrogens is 2. The van der Waals surface area contributed by atoms with Gasteiger partial charge in [-0.05, 0) is 42.8 Å². The number of halogens is 1. The van der Waals surface area contributed by atoms with Crippen LogP contribution in [0.1, 0.15) is 27.1 Å². The summed E-state index contributed by atoms with van der Waals surface area (Å²) in [4.78, 5) is 25.9. The first-order valence-electron chi connectivity index (χ1n) is 8.31. The number of carbonyl (C=O) groups is 2. The van der Waals surface area contributed by atoms with Gasteiger partial charge in [0.05, 0.1) is 11.1 Å². The number of hydrogen-bond acceptors (Lipinski definition) is 6. The molecule has 0 bridgehead atoms. The van der Waals surface area contributed by atoms with E-state index in [2.05, 4.69) is 10.2 Å². The molecule has 0 saturated carbocycles. The molecule has 1 aromatic heterocycles. The van der Waals surface area contributed by atoms with Gasteiger partial charge in [-0.1, -0.05) is 35.5 Å². The van der Waals surface area contributed by atoms with Crippen LogP contribution in [0.15, 0.2) is 58.2 Å². The highest BCUT2D eigenvalue weighted by molar-refractivity contribution is 7.99. The predicted octanol–water partition coefficient (Wildman–Crippen LogP) is 4.17. The lowest BCUT2D eigenvalue weighted by molar-refractivity contribution is 0.0655. The van der Waals surface area contributed by atoms with E-state index in [1.807, 2.05) is 12.1 Å². The lowest BCUT2D eigenvalue weighted by Gasteiger charge is -2.12. The molecule has 6 nitrogen and oxygen atoms in total. The van der Waals surface area contributed by atoms with Gasteiger partial charge >= 0.3 is 0 Å². The molecule has 0 saturated heterocycles. The van der Waals surface area contributed by atoms with E-state index in [1.165, 1.54) is 16.7 Å². The van der Waals surface area contributed by atoms with Crippen LogP contribution in [-0.4, -0.2) is 39.2 Å². The number of hydrogen-bond donors (Lipinski definition) is 0. The molecule has 0 spiro atoms. The molecule has 0 atom stereocenters. The molecule has 0 unspecified atom stereocenters. The number of imide groups is 1. The van der Waals surface area contributed by atoms with Gasteiger partial charge in [0.1, 0.15) is 0 Å². The Morgan fingerprint density at radius 2 is 1.63 bits per heavy atom. The average molecular weight is 400 g/mol. The smallest absolute Gasteiger partial charge is 0.276 e. The Labute approximate surface area is 164 Å². The van der Waals surface area contributed by atoms with Crippen LogP contribution in [0, 0.1) is 0 Å². The maximum absolute atomic E-state index is 12.3. The first kappa shape index (κ1) is 17.8. The van der Waals surface area contributed by atoms with Gasteiger partial charge in [-0.25, -0.2) is 0 Å². The van der Waals surface area contributed by atoms with Gasteiger partial charge in [0, 0.05) is 22.9 Å². The van der Waals surface area contributed by atoms with Crippen molar-refractivity contribution in [1.82, 2.24) is 15.1 Å². The van der Waals surface area contributed by atoms with Crippen LogP contribution >= 0.6 is 23.4 Å². The minimum atomic E-state index is -0.233. The summed E-state index contributed by atoms with van der Waals surface area (Å²) >= 11 is 7.26. The van der Waals surface area contributed by atoms with Crippen molar-refractivity contribution in [2.45, 2.75) is 11.6 Å². The summed E-state index contributed by atoms with van der Waals surface area (Å²) in [7, 11) is 0. The van der Waals surface area contributed by atoms with E-state index < -0.39 is 0 Å². The van der Waals surface area contributed by atoms with E-state index in [1.54, 1.807) is 36.4 Å². The Kier molecular flexibility index (Phi) is 4.96. The van der Waals surface area contributed by atoms with Crippen molar-refractivity contribution >= 4 is 35.2 Å². The molecule has 0 N–H and O–H groups in total. The highest BCUT2D eigenvalue weighted by Gasteiger charge is 2.34. The van der Waals surface area contributed by atoms with Crippen molar-refractivity contribution in [2.75, 3.05) is 12.3 Å². The molecule has 136 valence electrons. The Bertz CT molecular complexity index is 968. The van der Waals surface area contributed by atoms with Gasteiger partial charge in [0.25, 0.3) is 17.0 Å². The van der Waals surface area contributed by atoms with E-state index in [0.29, 0.717) is 46.0 Å². The molecule has 2 amide bonds. The van der Waals surface area contributed by atoms with E-state index >= 15 is 0 Å². The maximum atomic E-state index is 12.3. The van der Waals surface area contributed by atoms with Crippen molar-refractivity contribution in [3.63, 3.8) is 0 Å². The fourth-order valence-electron chi connectivity index (χ4n) is 2.80. The van der Waals surface area contributed by atoms with Crippen LogP contribution in [0.2, 0.25) is 5.02 Å². The zero-order chi connectivity index (χ0) is 18.8. The Morgan fingerprint density at radius 1 is 0.963 bits per heavy atom. The fourth-order valence-corrected chi connectivity index (χ4v) is 3.61. The van der Waals surface area contributed by atoms with Crippen LogP contribution in [0.5, 0.6) is 0 Å². The number of benzene rings is 2. The minimum absolute atomic E-state index is 0.233. The molecular formula is C19H14ClN3O3S. The number of amides is 2. The van der Waals surface area contributed by atoms with Crippen LogP contribution in [0.4, 0.5) is 0 Å².